The first-order valence-corrected chi connectivity index (χ1v) is 10.2. The molecule has 0 atom stereocenters. The van der Waals surface area contributed by atoms with Gasteiger partial charge in [0.25, 0.3) is 5.91 Å². The van der Waals surface area contributed by atoms with Crippen molar-refractivity contribution in [3.05, 3.63) is 53.6 Å². The molecule has 2 heterocycles. The molecule has 0 fully saturated rings. The molecule has 0 saturated heterocycles. The molecule has 1 amide bonds. The van der Waals surface area contributed by atoms with Crippen LogP contribution in [-0.4, -0.2) is 34.9 Å². The smallest absolute Gasteiger partial charge is 0.257 e. The number of hydrogen-bond donors (Lipinski definition) is 1. The van der Waals surface area contributed by atoms with E-state index < -0.39 is 0 Å². The SMILES string of the molecule is COc1ccc(C(=O)Nc2nn(CC(C)C)c3nc4ccc(C)cc4cc23)cc1OC. The minimum Gasteiger partial charge on any atom is -0.493 e. The van der Waals surface area contributed by atoms with Gasteiger partial charge in [-0.1, -0.05) is 25.5 Å². The Morgan fingerprint density at radius 1 is 1.06 bits per heavy atom. The molecule has 1 N–H and O–H groups in total. The van der Waals surface area contributed by atoms with Crippen LogP contribution in [-0.2, 0) is 6.54 Å². The van der Waals surface area contributed by atoms with Crippen molar-refractivity contribution in [2.45, 2.75) is 27.3 Å². The Labute approximate surface area is 181 Å². The van der Waals surface area contributed by atoms with Crippen molar-refractivity contribution in [2.75, 3.05) is 19.5 Å². The van der Waals surface area contributed by atoms with Crippen LogP contribution in [0.25, 0.3) is 21.9 Å². The number of carbonyl (C=O) groups is 1. The molecule has 0 saturated carbocycles. The summed E-state index contributed by atoms with van der Waals surface area (Å²) in [7, 11) is 3.10. The van der Waals surface area contributed by atoms with Crippen LogP contribution in [0, 0.1) is 12.8 Å². The van der Waals surface area contributed by atoms with E-state index in [2.05, 4.69) is 30.3 Å². The summed E-state index contributed by atoms with van der Waals surface area (Å²) in [6, 6.07) is 13.2. The Morgan fingerprint density at radius 2 is 1.84 bits per heavy atom. The molecule has 0 unspecified atom stereocenters. The number of hydrogen-bond acceptors (Lipinski definition) is 5. The maximum Gasteiger partial charge on any atom is 0.257 e. The van der Waals surface area contributed by atoms with Crippen LogP contribution in [0.5, 0.6) is 11.5 Å². The summed E-state index contributed by atoms with van der Waals surface area (Å²) in [5.74, 6) is 1.66. The molecule has 0 aliphatic rings. The van der Waals surface area contributed by atoms with Crippen molar-refractivity contribution in [3.63, 3.8) is 0 Å². The number of pyridine rings is 1. The number of aryl methyl sites for hydroxylation is 1. The largest absolute Gasteiger partial charge is 0.493 e. The number of benzene rings is 2. The molecule has 0 bridgehead atoms. The third kappa shape index (κ3) is 4.03. The Hall–Kier alpha value is -3.61. The minimum absolute atomic E-state index is 0.276. The van der Waals surface area contributed by atoms with Gasteiger partial charge in [0, 0.05) is 17.5 Å². The quantitative estimate of drug-likeness (QED) is 0.486. The monoisotopic (exact) mass is 418 g/mol. The van der Waals surface area contributed by atoms with Crippen molar-refractivity contribution < 1.29 is 14.3 Å². The molecule has 0 radical (unpaired) electrons. The Balaban J connectivity index is 1.78. The standard InChI is InChI=1S/C24H26N4O3/c1-14(2)13-28-23-18(11-17-10-15(3)6-8-19(17)25-23)22(27-28)26-24(29)16-7-9-20(30-4)21(12-16)31-5/h6-12,14H,13H2,1-5H3,(H,26,27,29). The summed E-state index contributed by atoms with van der Waals surface area (Å²) in [5, 5.41) is 9.46. The molecule has 31 heavy (non-hydrogen) atoms. The Kier molecular flexibility index (Phi) is 5.50. The zero-order valence-electron chi connectivity index (χ0n) is 18.4. The molecule has 2 aromatic carbocycles. The number of carbonyl (C=O) groups excluding carboxylic acids is 1. The van der Waals surface area contributed by atoms with E-state index in [4.69, 9.17) is 14.5 Å². The van der Waals surface area contributed by atoms with E-state index in [9.17, 15) is 4.79 Å². The van der Waals surface area contributed by atoms with E-state index in [0.29, 0.717) is 35.3 Å². The van der Waals surface area contributed by atoms with E-state index in [0.717, 1.165) is 27.5 Å². The predicted octanol–water partition coefficient (Wildman–Crippen LogP) is 4.82. The third-order valence-electron chi connectivity index (χ3n) is 5.09. The second kappa shape index (κ2) is 8.26. The average Bonchev–Trinajstić information content (AvgIpc) is 3.06. The summed E-state index contributed by atoms with van der Waals surface area (Å²) in [6.07, 6.45) is 0. The van der Waals surface area contributed by atoms with Crippen molar-refractivity contribution in [1.82, 2.24) is 14.8 Å². The van der Waals surface area contributed by atoms with Gasteiger partial charge >= 0.3 is 0 Å². The lowest BCUT2D eigenvalue weighted by atomic mass is 10.1. The highest BCUT2D eigenvalue weighted by Crippen LogP contribution is 2.30. The van der Waals surface area contributed by atoms with E-state index in [1.165, 1.54) is 0 Å². The molecule has 4 aromatic rings. The Morgan fingerprint density at radius 3 is 2.55 bits per heavy atom. The number of nitrogens with one attached hydrogen (secondary N) is 1. The highest BCUT2D eigenvalue weighted by Gasteiger charge is 2.18. The number of aromatic nitrogens is 3. The van der Waals surface area contributed by atoms with Crippen LogP contribution >= 0.6 is 0 Å². The Bertz CT molecular complexity index is 1280. The topological polar surface area (TPSA) is 78.3 Å². The zero-order valence-corrected chi connectivity index (χ0v) is 18.4. The number of anilines is 1. The van der Waals surface area contributed by atoms with Crippen molar-refractivity contribution >= 4 is 33.7 Å². The molecule has 7 nitrogen and oxygen atoms in total. The van der Waals surface area contributed by atoms with Crippen molar-refractivity contribution in [3.8, 4) is 11.5 Å². The highest BCUT2D eigenvalue weighted by molar-refractivity contribution is 6.09. The van der Waals surface area contributed by atoms with E-state index >= 15 is 0 Å². The van der Waals surface area contributed by atoms with E-state index in [-0.39, 0.29) is 5.91 Å². The summed E-state index contributed by atoms with van der Waals surface area (Å²) in [5.41, 5.74) is 3.27. The summed E-state index contributed by atoms with van der Waals surface area (Å²) < 4.78 is 12.4. The average molecular weight is 418 g/mol. The van der Waals surface area contributed by atoms with Crippen LogP contribution in [0.4, 0.5) is 5.82 Å². The molecule has 7 heteroatoms. The van der Waals surface area contributed by atoms with Crippen molar-refractivity contribution in [1.29, 1.82) is 0 Å². The lowest BCUT2D eigenvalue weighted by molar-refractivity contribution is 0.102. The van der Waals surface area contributed by atoms with Crippen LogP contribution in [0.3, 0.4) is 0 Å². The van der Waals surface area contributed by atoms with Gasteiger partial charge in [-0.3, -0.25) is 4.79 Å². The fourth-order valence-corrected chi connectivity index (χ4v) is 3.60. The number of rotatable bonds is 6. The zero-order chi connectivity index (χ0) is 22.1. The first-order chi connectivity index (χ1) is 14.9. The van der Waals surface area contributed by atoms with Crippen LogP contribution in [0.2, 0.25) is 0 Å². The van der Waals surface area contributed by atoms with Gasteiger partial charge in [0.1, 0.15) is 0 Å². The van der Waals surface area contributed by atoms with E-state index in [1.807, 2.05) is 29.8 Å². The molecule has 0 spiro atoms. The first kappa shape index (κ1) is 20.7. The maximum absolute atomic E-state index is 13.0. The van der Waals surface area contributed by atoms with E-state index in [1.54, 1.807) is 32.4 Å². The molecule has 4 rings (SSSR count). The second-order valence-corrected chi connectivity index (χ2v) is 8.00. The van der Waals surface area contributed by atoms with Gasteiger partial charge < -0.3 is 14.8 Å². The number of fused-ring (bicyclic) bond motifs is 2. The first-order valence-electron chi connectivity index (χ1n) is 10.2. The fraction of sp³-hybridized carbons (Fsp3) is 0.292. The number of ether oxygens (including phenoxy) is 2. The number of methoxy groups -OCH3 is 2. The number of amides is 1. The third-order valence-corrected chi connectivity index (χ3v) is 5.09. The van der Waals surface area contributed by atoms with Gasteiger partial charge in [-0.05, 0) is 49.2 Å². The van der Waals surface area contributed by atoms with Crippen LogP contribution < -0.4 is 14.8 Å². The van der Waals surface area contributed by atoms with Gasteiger partial charge in [0.15, 0.2) is 23.0 Å². The van der Waals surface area contributed by atoms with Crippen molar-refractivity contribution in [2.24, 2.45) is 5.92 Å². The predicted molar refractivity (Wildman–Crippen MR) is 122 cm³/mol. The van der Waals surface area contributed by atoms with Crippen LogP contribution in [0.1, 0.15) is 29.8 Å². The molecule has 0 aliphatic carbocycles. The molecular weight excluding hydrogens is 392 g/mol. The van der Waals surface area contributed by atoms with Crippen LogP contribution in [0.15, 0.2) is 42.5 Å². The second-order valence-electron chi connectivity index (χ2n) is 8.00. The fourth-order valence-electron chi connectivity index (χ4n) is 3.60. The lowest BCUT2D eigenvalue weighted by Gasteiger charge is -2.09. The normalized spacial score (nSPS) is 11.3. The summed E-state index contributed by atoms with van der Waals surface area (Å²) in [4.78, 5) is 17.8. The summed E-state index contributed by atoms with van der Waals surface area (Å²) >= 11 is 0. The number of nitrogens with zero attached hydrogens (tertiary/aromatic N) is 3. The molecule has 160 valence electrons. The van der Waals surface area contributed by atoms with Gasteiger partial charge in [-0.25, -0.2) is 9.67 Å². The van der Waals surface area contributed by atoms with Gasteiger partial charge in [0.2, 0.25) is 0 Å². The van der Waals surface area contributed by atoms with Gasteiger partial charge in [-0.2, -0.15) is 5.10 Å². The maximum atomic E-state index is 13.0. The highest BCUT2D eigenvalue weighted by atomic mass is 16.5. The molecular formula is C24H26N4O3. The van der Waals surface area contributed by atoms with Gasteiger partial charge in [0.05, 0.1) is 25.1 Å². The minimum atomic E-state index is -0.276. The molecule has 2 aromatic heterocycles. The van der Waals surface area contributed by atoms with Gasteiger partial charge in [-0.15, -0.1) is 0 Å². The molecule has 0 aliphatic heterocycles. The lowest BCUT2D eigenvalue weighted by Crippen LogP contribution is -2.13. The summed E-state index contributed by atoms with van der Waals surface area (Å²) in [6.45, 7) is 7.00.